The molecule has 0 aromatic carbocycles. The van der Waals surface area contributed by atoms with Crippen molar-refractivity contribution in [3.8, 4) is 0 Å². The quantitative estimate of drug-likeness (QED) is 0.818. The van der Waals surface area contributed by atoms with Crippen LogP contribution in [-0.2, 0) is 9.53 Å². The summed E-state index contributed by atoms with van der Waals surface area (Å²) in [6.45, 7) is 4.54. The van der Waals surface area contributed by atoms with Crippen LogP contribution in [0.2, 0.25) is 0 Å². The lowest BCUT2D eigenvalue weighted by Crippen LogP contribution is -2.41. The lowest BCUT2D eigenvalue weighted by molar-refractivity contribution is -0.130. The van der Waals surface area contributed by atoms with E-state index in [2.05, 4.69) is 12.2 Å². The molecule has 1 fully saturated rings. The van der Waals surface area contributed by atoms with Crippen molar-refractivity contribution in [3.05, 3.63) is 24.2 Å². The average molecular weight is 293 g/mol. The number of ketones is 1. The van der Waals surface area contributed by atoms with Crippen LogP contribution in [0, 0.1) is 5.92 Å². The fourth-order valence-electron chi connectivity index (χ4n) is 2.63. The summed E-state index contributed by atoms with van der Waals surface area (Å²) in [5.74, 6) is 0.265. The number of nitrogens with one attached hydrogen (secondary N) is 1. The summed E-state index contributed by atoms with van der Waals surface area (Å²) in [6, 6.07) is 3.13. The molecule has 21 heavy (non-hydrogen) atoms. The number of carbonyl (C=O) groups excluding carboxylic acids is 2. The van der Waals surface area contributed by atoms with Gasteiger partial charge in [-0.25, -0.2) is 0 Å². The molecule has 2 rings (SSSR count). The van der Waals surface area contributed by atoms with Crippen LogP contribution in [0.5, 0.6) is 0 Å². The Morgan fingerprint density at radius 1 is 1.48 bits per heavy atom. The summed E-state index contributed by atoms with van der Waals surface area (Å²) in [7, 11) is 0. The van der Waals surface area contributed by atoms with Crippen LogP contribution in [0.4, 0.5) is 0 Å². The Morgan fingerprint density at radius 2 is 2.29 bits per heavy atom. The molecule has 0 radical (unpaired) electrons. The van der Waals surface area contributed by atoms with Crippen LogP contribution in [0.1, 0.15) is 50.1 Å². The van der Waals surface area contributed by atoms with Gasteiger partial charge in [0, 0.05) is 25.0 Å². The summed E-state index contributed by atoms with van der Waals surface area (Å²) in [4.78, 5) is 24.1. The Labute approximate surface area is 125 Å². The molecule has 1 aromatic rings. The summed E-state index contributed by atoms with van der Waals surface area (Å²) in [6.07, 6.45) is 4.34. The van der Waals surface area contributed by atoms with E-state index in [9.17, 15) is 9.59 Å². The summed E-state index contributed by atoms with van der Waals surface area (Å²) < 4.78 is 10.6. The Bertz CT molecular complexity index is 469. The van der Waals surface area contributed by atoms with E-state index in [4.69, 9.17) is 9.15 Å². The highest BCUT2D eigenvalue weighted by atomic mass is 16.5. The fraction of sp³-hybridized carbons (Fsp3) is 0.625. The summed E-state index contributed by atoms with van der Waals surface area (Å²) >= 11 is 0. The Hall–Kier alpha value is -1.62. The Kier molecular flexibility index (Phi) is 5.56. The van der Waals surface area contributed by atoms with E-state index in [0.29, 0.717) is 12.4 Å². The molecule has 1 aromatic heterocycles. The molecule has 0 saturated carbocycles. The highest BCUT2D eigenvalue weighted by Crippen LogP contribution is 2.22. The molecule has 0 spiro atoms. The Morgan fingerprint density at radius 3 is 2.95 bits per heavy atom. The number of rotatable bonds is 6. The van der Waals surface area contributed by atoms with Gasteiger partial charge in [-0.2, -0.15) is 0 Å². The molecule has 0 unspecified atom stereocenters. The maximum absolute atomic E-state index is 12.2. The van der Waals surface area contributed by atoms with E-state index in [0.717, 1.165) is 19.3 Å². The van der Waals surface area contributed by atoms with Gasteiger partial charge in [0.05, 0.1) is 12.4 Å². The third-order valence-electron chi connectivity index (χ3n) is 3.87. The van der Waals surface area contributed by atoms with Gasteiger partial charge in [0.15, 0.2) is 11.5 Å². The van der Waals surface area contributed by atoms with Crippen molar-refractivity contribution in [2.24, 2.45) is 5.92 Å². The Balaban J connectivity index is 1.80. The second-order valence-corrected chi connectivity index (χ2v) is 5.64. The van der Waals surface area contributed by atoms with E-state index in [1.54, 1.807) is 12.1 Å². The van der Waals surface area contributed by atoms with Crippen LogP contribution in [0.3, 0.4) is 0 Å². The molecular formula is C16H23NO4. The minimum atomic E-state index is -0.196. The molecule has 116 valence electrons. The number of furan rings is 1. The number of hydrogen-bond acceptors (Lipinski definition) is 4. The van der Waals surface area contributed by atoms with Gasteiger partial charge >= 0.3 is 0 Å². The fourth-order valence-corrected chi connectivity index (χ4v) is 2.63. The van der Waals surface area contributed by atoms with Gasteiger partial charge in [0.25, 0.3) is 0 Å². The van der Waals surface area contributed by atoms with Crippen molar-refractivity contribution in [1.82, 2.24) is 5.32 Å². The van der Waals surface area contributed by atoms with Crippen molar-refractivity contribution in [2.75, 3.05) is 6.61 Å². The first-order chi connectivity index (χ1) is 10.1. The summed E-state index contributed by atoms with van der Waals surface area (Å²) in [5, 5.41) is 2.93. The molecule has 5 heteroatoms. The molecule has 1 amide bonds. The number of carbonyl (C=O) groups is 2. The molecular weight excluding hydrogens is 270 g/mol. The van der Waals surface area contributed by atoms with Crippen LogP contribution >= 0.6 is 0 Å². The number of ether oxygens (including phenoxy) is 1. The smallest absolute Gasteiger partial charge is 0.223 e. The van der Waals surface area contributed by atoms with Crippen molar-refractivity contribution in [2.45, 2.75) is 51.7 Å². The van der Waals surface area contributed by atoms with Crippen molar-refractivity contribution >= 4 is 11.7 Å². The van der Waals surface area contributed by atoms with Gasteiger partial charge in [0.2, 0.25) is 5.91 Å². The van der Waals surface area contributed by atoms with Gasteiger partial charge in [-0.3, -0.25) is 9.59 Å². The molecule has 1 saturated heterocycles. The molecule has 3 atom stereocenters. The van der Waals surface area contributed by atoms with Crippen molar-refractivity contribution in [1.29, 1.82) is 0 Å². The van der Waals surface area contributed by atoms with Crippen LogP contribution in [-0.4, -0.2) is 30.4 Å². The lowest BCUT2D eigenvalue weighted by Gasteiger charge is -2.29. The first-order valence-corrected chi connectivity index (χ1v) is 7.58. The predicted molar refractivity (Wildman–Crippen MR) is 78.0 cm³/mol. The molecule has 1 N–H and O–H groups in total. The number of hydrogen-bond donors (Lipinski definition) is 1. The van der Waals surface area contributed by atoms with Crippen LogP contribution in [0.15, 0.2) is 22.8 Å². The molecule has 2 heterocycles. The van der Waals surface area contributed by atoms with Gasteiger partial charge in [-0.05, 0) is 38.3 Å². The first kappa shape index (κ1) is 15.8. The molecule has 1 aliphatic rings. The normalized spacial score (nSPS) is 23.5. The number of Topliss-reactive ketones (excluding diaryl/α,β-unsaturated/α-hetero) is 1. The standard InChI is InChI=1S/C16H23NO4/c1-3-13-10-12(6-8-20-13)16(19)17-11(2)9-14(18)15-5-4-7-21-15/h4-5,7,11-13H,3,6,8-10H2,1-2H3,(H,17,19)/t11-,12+,13-/m1/s1. The van der Waals surface area contributed by atoms with Crippen LogP contribution < -0.4 is 5.32 Å². The molecule has 0 bridgehead atoms. The zero-order valence-corrected chi connectivity index (χ0v) is 12.6. The molecule has 0 aliphatic carbocycles. The second kappa shape index (κ2) is 7.41. The maximum atomic E-state index is 12.2. The largest absolute Gasteiger partial charge is 0.461 e. The topological polar surface area (TPSA) is 68.5 Å². The lowest BCUT2D eigenvalue weighted by atomic mass is 9.93. The van der Waals surface area contributed by atoms with Gasteiger partial charge in [0.1, 0.15) is 0 Å². The first-order valence-electron chi connectivity index (χ1n) is 7.58. The molecule has 1 aliphatic heterocycles. The monoisotopic (exact) mass is 293 g/mol. The maximum Gasteiger partial charge on any atom is 0.223 e. The second-order valence-electron chi connectivity index (χ2n) is 5.64. The van der Waals surface area contributed by atoms with E-state index < -0.39 is 0 Å². The minimum Gasteiger partial charge on any atom is -0.461 e. The van der Waals surface area contributed by atoms with Gasteiger partial charge < -0.3 is 14.5 Å². The van der Waals surface area contributed by atoms with Gasteiger partial charge in [-0.1, -0.05) is 6.92 Å². The third-order valence-corrected chi connectivity index (χ3v) is 3.87. The highest BCUT2D eigenvalue weighted by molar-refractivity contribution is 5.94. The van der Waals surface area contributed by atoms with E-state index in [1.807, 2.05) is 6.92 Å². The summed E-state index contributed by atoms with van der Waals surface area (Å²) in [5.41, 5.74) is 0. The zero-order valence-electron chi connectivity index (χ0n) is 12.6. The minimum absolute atomic E-state index is 0.00938. The zero-order chi connectivity index (χ0) is 15.2. The highest BCUT2D eigenvalue weighted by Gasteiger charge is 2.28. The predicted octanol–water partition coefficient (Wildman–Crippen LogP) is 2.56. The SMILES string of the molecule is CC[C@@H]1C[C@@H](C(=O)N[C@H](C)CC(=O)c2ccco2)CCO1. The molecule has 5 nitrogen and oxygen atoms in total. The number of amides is 1. The van der Waals surface area contributed by atoms with Gasteiger partial charge in [-0.15, -0.1) is 0 Å². The van der Waals surface area contributed by atoms with E-state index in [1.165, 1.54) is 6.26 Å². The third kappa shape index (κ3) is 4.43. The van der Waals surface area contributed by atoms with Crippen molar-refractivity contribution in [3.63, 3.8) is 0 Å². The van der Waals surface area contributed by atoms with E-state index in [-0.39, 0.29) is 36.2 Å². The average Bonchev–Trinajstić information content (AvgIpc) is 3.01. The van der Waals surface area contributed by atoms with E-state index >= 15 is 0 Å². The van der Waals surface area contributed by atoms with Crippen LogP contribution in [0.25, 0.3) is 0 Å². The van der Waals surface area contributed by atoms with Crippen molar-refractivity contribution < 1.29 is 18.7 Å².